The second-order valence-corrected chi connectivity index (χ2v) is 7.09. The highest BCUT2D eigenvalue weighted by atomic mass is 32.1. The molecule has 132 valence electrons. The molecular formula is C18H21N3O3S. The molecule has 1 N–H and O–H groups in total. The number of benzene rings is 1. The minimum atomic E-state index is -1.09. The highest BCUT2D eigenvalue weighted by Gasteiger charge is 2.49. The van der Waals surface area contributed by atoms with Gasteiger partial charge >= 0.3 is 6.03 Å². The molecule has 0 radical (unpaired) electrons. The second kappa shape index (κ2) is 6.85. The Labute approximate surface area is 151 Å². The molecule has 0 saturated carbocycles. The number of imide groups is 1. The van der Waals surface area contributed by atoms with Crippen LogP contribution in [-0.2, 0) is 16.9 Å². The SMILES string of the molecule is COc1cccc([C@@]2(C)NC(=O)N(CN(C)Cc3ccsc3)C2=O)c1. The van der Waals surface area contributed by atoms with Gasteiger partial charge in [0.2, 0.25) is 0 Å². The molecule has 2 heterocycles. The van der Waals surface area contributed by atoms with Gasteiger partial charge in [-0.25, -0.2) is 9.69 Å². The average Bonchev–Trinajstić information content (AvgIpc) is 3.18. The number of urea groups is 1. The fourth-order valence-corrected chi connectivity index (χ4v) is 3.60. The summed E-state index contributed by atoms with van der Waals surface area (Å²) in [6.45, 7) is 2.64. The van der Waals surface area contributed by atoms with Crippen LogP contribution in [0.3, 0.4) is 0 Å². The van der Waals surface area contributed by atoms with Crippen molar-refractivity contribution in [2.24, 2.45) is 0 Å². The molecule has 1 aromatic carbocycles. The van der Waals surface area contributed by atoms with Crippen LogP contribution in [0.5, 0.6) is 5.75 Å². The fraction of sp³-hybridized carbons (Fsp3) is 0.333. The molecule has 0 spiro atoms. The first-order valence-electron chi connectivity index (χ1n) is 7.92. The lowest BCUT2D eigenvalue weighted by molar-refractivity contribution is -0.132. The van der Waals surface area contributed by atoms with Crippen molar-refractivity contribution in [3.63, 3.8) is 0 Å². The number of carbonyl (C=O) groups is 2. The van der Waals surface area contributed by atoms with E-state index in [1.54, 1.807) is 37.5 Å². The van der Waals surface area contributed by atoms with Crippen molar-refractivity contribution in [3.05, 3.63) is 52.2 Å². The maximum atomic E-state index is 13.0. The number of ether oxygens (including phenoxy) is 1. The van der Waals surface area contributed by atoms with Crippen molar-refractivity contribution in [1.82, 2.24) is 15.1 Å². The number of rotatable bonds is 6. The van der Waals surface area contributed by atoms with E-state index in [-0.39, 0.29) is 18.6 Å². The molecule has 25 heavy (non-hydrogen) atoms. The number of hydrogen-bond acceptors (Lipinski definition) is 5. The van der Waals surface area contributed by atoms with Crippen molar-refractivity contribution in [3.8, 4) is 5.75 Å². The summed E-state index contributed by atoms with van der Waals surface area (Å²) in [4.78, 5) is 28.6. The summed E-state index contributed by atoms with van der Waals surface area (Å²) in [6.07, 6.45) is 0. The van der Waals surface area contributed by atoms with Crippen LogP contribution in [0.2, 0.25) is 0 Å². The highest BCUT2D eigenvalue weighted by Crippen LogP contribution is 2.31. The number of nitrogens with zero attached hydrogens (tertiary/aromatic N) is 2. The zero-order valence-electron chi connectivity index (χ0n) is 14.5. The zero-order valence-corrected chi connectivity index (χ0v) is 15.3. The number of thiophene rings is 1. The van der Waals surface area contributed by atoms with Gasteiger partial charge in [-0.3, -0.25) is 9.69 Å². The summed E-state index contributed by atoms with van der Waals surface area (Å²) in [7, 11) is 3.46. The topological polar surface area (TPSA) is 61.9 Å². The van der Waals surface area contributed by atoms with Gasteiger partial charge in [-0.15, -0.1) is 0 Å². The zero-order chi connectivity index (χ0) is 18.0. The Morgan fingerprint density at radius 3 is 2.80 bits per heavy atom. The van der Waals surface area contributed by atoms with Gasteiger partial charge < -0.3 is 10.1 Å². The van der Waals surface area contributed by atoms with Crippen LogP contribution in [-0.4, -0.2) is 42.6 Å². The normalized spacial score (nSPS) is 20.2. The number of hydrogen-bond donors (Lipinski definition) is 1. The summed E-state index contributed by atoms with van der Waals surface area (Å²) in [6, 6.07) is 8.86. The van der Waals surface area contributed by atoms with Crippen LogP contribution >= 0.6 is 11.3 Å². The Bertz CT molecular complexity index is 778. The number of amides is 3. The maximum absolute atomic E-state index is 13.0. The molecule has 0 bridgehead atoms. The third-order valence-corrected chi connectivity index (χ3v) is 5.07. The Morgan fingerprint density at radius 2 is 2.12 bits per heavy atom. The average molecular weight is 359 g/mol. The molecule has 0 unspecified atom stereocenters. The largest absolute Gasteiger partial charge is 0.497 e. The van der Waals surface area contributed by atoms with Crippen LogP contribution in [0.4, 0.5) is 4.79 Å². The van der Waals surface area contributed by atoms with Gasteiger partial charge in [-0.2, -0.15) is 11.3 Å². The van der Waals surface area contributed by atoms with E-state index in [0.717, 1.165) is 5.56 Å². The minimum Gasteiger partial charge on any atom is -0.497 e. The van der Waals surface area contributed by atoms with Crippen LogP contribution in [0.25, 0.3) is 0 Å². The summed E-state index contributed by atoms with van der Waals surface area (Å²) in [5.74, 6) is 0.386. The Kier molecular flexibility index (Phi) is 4.78. The molecule has 1 atom stereocenters. The van der Waals surface area contributed by atoms with Gasteiger partial charge in [0.1, 0.15) is 11.3 Å². The van der Waals surface area contributed by atoms with Crippen molar-refractivity contribution in [2.45, 2.75) is 19.0 Å². The summed E-state index contributed by atoms with van der Waals surface area (Å²) in [5.41, 5.74) is 0.776. The lowest BCUT2D eigenvalue weighted by Gasteiger charge is -2.25. The molecule has 1 fully saturated rings. The maximum Gasteiger partial charge on any atom is 0.326 e. The van der Waals surface area contributed by atoms with E-state index in [2.05, 4.69) is 10.7 Å². The first-order valence-corrected chi connectivity index (χ1v) is 8.86. The Balaban J connectivity index is 1.77. The third-order valence-electron chi connectivity index (χ3n) is 4.34. The Hall–Kier alpha value is -2.38. The summed E-state index contributed by atoms with van der Waals surface area (Å²) < 4.78 is 5.23. The summed E-state index contributed by atoms with van der Waals surface area (Å²) >= 11 is 1.63. The molecule has 2 aromatic rings. The predicted octanol–water partition coefficient (Wildman–Crippen LogP) is 2.61. The quantitative estimate of drug-likeness (QED) is 0.806. The fourth-order valence-electron chi connectivity index (χ4n) is 2.94. The van der Waals surface area contributed by atoms with E-state index in [0.29, 0.717) is 17.9 Å². The van der Waals surface area contributed by atoms with Crippen LogP contribution in [0.1, 0.15) is 18.1 Å². The first-order chi connectivity index (χ1) is 11.9. The number of methoxy groups -OCH3 is 1. The van der Waals surface area contributed by atoms with Crippen LogP contribution in [0.15, 0.2) is 41.1 Å². The molecule has 1 saturated heterocycles. The van der Waals surface area contributed by atoms with E-state index in [1.165, 1.54) is 4.90 Å². The van der Waals surface area contributed by atoms with Gasteiger partial charge in [0, 0.05) is 6.54 Å². The van der Waals surface area contributed by atoms with Crippen molar-refractivity contribution in [2.75, 3.05) is 20.8 Å². The van der Waals surface area contributed by atoms with Gasteiger partial charge in [0.15, 0.2) is 0 Å². The van der Waals surface area contributed by atoms with Crippen LogP contribution in [0, 0.1) is 0 Å². The monoisotopic (exact) mass is 359 g/mol. The molecule has 1 aliphatic heterocycles. The van der Waals surface area contributed by atoms with Gasteiger partial charge in [-0.05, 0) is 54.1 Å². The van der Waals surface area contributed by atoms with Gasteiger partial charge in [0.25, 0.3) is 5.91 Å². The van der Waals surface area contributed by atoms with E-state index in [1.807, 2.05) is 35.5 Å². The lowest BCUT2D eigenvalue weighted by Crippen LogP contribution is -2.42. The Morgan fingerprint density at radius 1 is 1.32 bits per heavy atom. The molecule has 1 aliphatic rings. The molecule has 0 aliphatic carbocycles. The van der Waals surface area contributed by atoms with Crippen molar-refractivity contribution >= 4 is 23.3 Å². The minimum absolute atomic E-state index is 0.236. The summed E-state index contributed by atoms with van der Waals surface area (Å²) in [5, 5.41) is 6.89. The third kappa shape index (κ3) is 3.38. The second-order valence-electron chi connectivity index (χ2n) is 6.31. The van der Waals surface area contributed by atoms with E-state index >= 15 is 0 Å². The predicted molar refractivity (Wildman–Crippen MR) is 96.4 cm³/mol. The van der Waals surface area contributed by atoms with Gasteiger partial charge in [0.05, 0.1) is 13.8 Å². The van der Waals surface area contributed by atoms with Gasteiger partial charge in [-0.1, -0.05) is 12.1 Å². The van der Waals surface area contributed by atoms with E-state index in [9.17, 15) is 9.59 Å². The molecule has 7 heteroatoms. The smallest absolute Gasteiger partial charge is 0.326 e. The highest BCUT2D eigenvalue weighted by molar-refractivity contribution is 7.07. The number of carbonyl (C=O) groups excluding carboxylic acids is 2. The van der Waals surface area contributed by atoms with Crippen molar-refractivity contribution < 1.29 is 14.3 Å². The number of nitrogens with one attached hydrogen (secondary N) is 1. The molecule has 3 amide bonds. The lowest BCUT2D eigenvalue weighted by atomic mass is 9.92. The van der Waals surface area contributed by atoms with E-state index < -0.39 is 5.54 Å². The molecule has 1 aromatic heterocycles. The van der Waals surface area contributed by atoms with Crippen LogP contribution < -0.4 is 10.1 Å². The molecule has 6 nitrogen and oxygen atoms in total. The van der Waals surface area contributed by atoms with E-state index in [4.69, 9.17) is 4.74 Å². The van der Waals surface area contributed by atoms with Crippen molar-refractivity contribution in [1.29, 1.82) is 0 Å². The standard InChI is InChI=1S/C18H21N3O3S/c1-18(14-5-4-6-15(9-14)24-3)16(22)21(17(23)19-18)12-20(2)10-13-7-8-25-11-13/h4-9,11H,10,12H2,1-3H3,(H,19,23)/t18-/m1/s1. The first kappa shape index (κ1) is 17.4. The molecular weight excluding hydrogens is 338 g/mol. The molecule has 3 rings (SSSR count).